The second-order valence-corrected chi connectivity index (χ2v) is 6.34. The van der Waals surface area contributed by atoms with Crippen molar-refractivity contribution in [1.29, 1.82) is 0 Å². The Labute approximate surface area is 159 Å². The number of aromatic nitrogens is 6. The number of nitrogens with one attached hydrogen (secondary N) is 2. The van der Waals surface area contributed by atoms with Crippen LogP contribution in [0.25, 0.3) is 0 Å². The number of nitrogens with zero attached hydrogens (tertiary/aromatic N) is 6. The maximum Gasteiger partial charge on any atom is 0.292 e. The lowest BCUT2D eigenvalue weighted by molar-refractivity contribution is 0.0946. The minimum Gasteiger partial charge on any atom is -0.382 e. The van der Waals surface area contributed by atoms with Crippen molar-refractivity contribution >= 4 is 40.8 Å². The molecule has 0 bridgehead atoms. The molecule has 1 aromatic carbocycles. The highest BCUT2D eigenvalue weighted by Gasteiger charge is 2.16. The summed E-state index contributed by atoms with van der Waals surface area (Å²) in [5.41, 5.74) is 6.50. The number of nitrogens with two attached hydrogens (primary N) is 1. The number of aromatic amines is 1. The third kappa shape index (κ3) is 4.77. The molecule has 4 N–H and O–H groups in total. The number of amidine groups is 1. The summed E-state index contributed by atoms with van der Waals surface area (Å²) in [6.45, 7) is 0.301. The number of hydrogen-bond acceptors (Lipinski definition) is 9. The molecule has 0 saturated carbocycles. The molecule has 0 spiro atoms. The Kier molecular flexibility index (Phi) is 5.93. The zero-order valence-electron chi connectivity index (χ0n) is 13.4. The molecule has 0 unspecified atom stereocenters. The van der Waals surface area contributed by atoms with Crippen LogP contribution in [0.2, 0.25) is 5.02 Å². The number of halogens is 2. The third-order valence-corrected chi connectivity index (χ3v) is 4.27. The van der Waals surface area contributed by atoms with E-state index in [9.17, 15) is 9.18 Å². The second-order valence-electron chi connectivity index (χ2n) is 4.85. The van der Waals surface area contributed by atoms with E-state index >= 15 is 0 Å². The maximum atomic E-state index is 13.2. The number of carbonyl (C=O) groups is 1. The number of amides is 1. The monoisotopic (exact) mass is 411 g/mol. The molecule has 0 aliphatic carbocycles. The number of rotatable bonds is 7. The Morgan fingerprint density at radius 2 is 2.30 bits per heavy atom. The minimum absolute atomic E-state index is 0.0252. The molecule has 2 heterocycles. The van der Waals surface area contributed by atoms with E-state index in [1.54, 1.807) is 0 Å². The van der Waals surface area contributed by atoms with Crippen LogP contribution in [0, 0.1) is 5.82 Å². The largest absolute Gasteiger partial charge is 0.382 e. The van der Waals surface area contributed by atoms with Crippen LogP contribution < -0.4 is 11.1 Å². The van der Waals surface area contributed by atoms with Crippen LogP contribution in [0.4, 0.5) is 10.1 Å². The van der Waals surface area contributed by atoms with Crippen molar-refractivity contribution < 1.29 is 13.8 Å². The van der Waals surface area contributed by atoms with Gasteiger partial charge in [0.25, 0.3) is 11.7 Å². The molecule has 0 aliphatic heterocycles. The lowest BCUT2D eigenvalue weighted by atomic mass is 10.3. The van der Waals surface area contributed by atoms with Crippen molar-refractivity contribution in [2.75, 3.05) is 12.3 Å². The zero-order valence-corrected chi connectivity index (χ0v) is 15.0. The van der Waals surface area contributed by atoms with E-state index in [1.165, 1.54) is 30.0 Å². The highest BCUT2D eigenvalue weighted by molar-refractivity contribution is 7.99. The van der Waals surface area contributed by atoms with Gasteiger partial charge in [0.15, 0.2) is 16.6 Å². The van der Waals surface area contributed by atoms with Crippen LogP contribution >= 0.6 is 23.4 Å². The molecule has 0 fully saturated rings. The van der Waals surface area contributed by atoms with E-state index in [-0.39, 0.29) is 22.4 Å². The van der Waals surface area contributed by atoms with Crippen LogP contribution in [0.5, 0.6) is 0 Å². The third-order valence-electron chi connectivity index (χ3n) is 3.03. The first-order valence-electron chi connectivity index (χ1n) is 7.31. The fourth-order valence-electron chi connectivity index (χ4n) is 1.83. The normalized spacial score (nSPS) is 11.6. The predicted molar refractivity (Wildman–Crippen MR) is 93.3 cm³/mol. The molecule has 27 heavy (non-hydrogen) atoms. The van der Waals surface area contributed by atoms with Gasteiger partial charge < -0.3 is 11.1 Å². The topological polar surface area (TPSA) is 161 Å². The lowest BCUT2D eigenvalue weighted by Gasteiger charge is -2.02. The summed E-state index contributed by atoms with van der Waals surface area (Å²) in [4.78, 5) is 15.8. The van der Waals surface area contributed by atoms with Crippen molar-refractivity contribution in [3.8, 4) is 0 Å². The number of carbonyl (C=O) groups excluding carboxylic acids is 1. The van der Waals surface area contributed by atoms with Crippen molar-refractivity contribution in [3.05, 3.63) is 40.6 Å². The van der Waals surface area contributed by atoms with Crippen LogP contribution in [0.15, 0.2) is 32.8 Å². The van der Waals surface area contributed by atoms with Gasteiger partial charge in [-0.25, -0.2) is 14.0 Å². The molecular weight excluding hydrogens is 401 g/mol. The van der Waals surface area contributed by atoms with E-state index in [2.05, 4.69) is 41.2 Å². The van der Waals surface area contributed by atoms with Gasteiger partial charge >= 0.3 is 0 Å². The minimum atomic E-state index is -0.559. The van der Waals surface area contributed by atoms with E-state index in [0.717, 1.165) is 0 Å². The average molecular weight is 412 g/mol. The van der Waals surface area contributed by atoms with Gasteiger partial charge in [-0.15, -0.1) is 10.2 Å². The first-order valence-corrected chi connectivity index (χ1v) is 8.67. The number of hydrogen-bond donors (Lipinski definition) is 3. The first-order chi connectivity index (χ1) is 13.0. The predicted octanol–water partition coefficient (Wildman–Crippen LogP) is 0.934. The first kappa shape index (κ1) is 18.7. The zero-order chi connectivity index (χ0) is 19.2. The molecule has 1 amide bonds. The molecule has 3 aromatic rings. The summed E-state index contributed by atoms with van der Waals surface area (Å²) in [7, 11) is 0. The number of thioether (sulfide) groups is 1. The number of tetrazole rings is 1. The molecular formula is C13H11ClFN9O2S. The van der Waals surface area contributed by atoms with Crippen molar-refractivity contribution in [1.82, 2.24) is 36.3 Å². The van der Waals surface area contributed by atoms with Gasteiger partial charge in [-0.2, -0.15) is 5.21 Å². The Balaban J connectivity index is 1.59. The summed E-state index contributed by atoms with van der Waals surface area (Å²) in [5, 5.41) is 23.0. The Morgan fingerprint density at radius 3 is 3.04 bits per heavy atom. The van der Waals surface area contributed by atoms with Gasteiger partial charge in [0.05, 0.1) is 10.7 Å². The number of benzene rings is 1. The maximum absolute atomic E-state index is 13.2. The molecule has 0 radical (unpaired) electrons. The number of H-pyrrole nitrogens is 1. The highest BCUT2D eigenvalue weighted by Crippen LogP contribution is 2.23. The smallest absolute Gasteiger partial charge is 0.292 e. The van der Waals surface area contributed by atoms with Gasteiger partial charge in [-0.05, 0) is 33.7 Å². The lowest BCUT2D eigenvalue weighted by Crippen LogP contribution is -2.26. The summed E-state index contributed by atoms with van der Waals surface area (Å²) in [6.07, 6.45) is 0. The average Bonchev–Trinajstić information content (AvgIpc) is 3.33. The van der Waals surface area contributed by atoms with Crippen LogP contribution in [-0.4, -0.2) is 55.0 Å². The van der Waals surface area contributed by atoms with Gasteiger partial charge in [-0.1, -0.05) is 23.4 Å². The van der Waals surface area contributed by atoms with E-state index in [1.807, 2.05) is 0 Å². The summed E-state index contributed by atoms with van der Waals surface area (Å²) < 4.78 is 17.9. The van der Waals surface area contributed by atoms with Gasteiger partial charge in [0, 0.05) is 12.3 Å². The fourth-order valence-corrected chi connectivity index (χ4v) is 2.76. The fraction of sp³-hybridized carbons (Fsp3) is 0.154. The standard InChI is InChI=1S/C13H11ClFN9O2S/c14-7-5-6(1-2-8(7)15)18-10(16)9-13(22-26-21-9)27-4-3-17-12(25)11-19-23-24-20-11/h1-2,5H,3-4H2,(H2,16,18)(H,17,25)(H,19,20,23,24). The van der Waals surface area contributed by atoms with Gasteiger partial charge in [0.2, 0.25) is 0 Å². The molecule has 0 aliphatic rings. The Hall–Kier alpha value is -3.06. The molecule has 0 saturated heterocycles. The molecule has 2 aromatic heterocycles. The quantitative estimate of drug-likeness (QED) is 0.222. The molecule has 3 rings (SSSR count). The molecule has 140 valence electrons. The van der Waals surface area contributed by atoms with Crippen LogP contribution in [-0.2, 0) is 0 Å². The highest BCUT2D eigenvalue weighted by atomic mass is 35.5. The molecule has 14 heteroatoms. The Morgan fingerprint density at radius 1 is 1.44 bits per heavy atom. The van der Waals surface area contributed by atoms with E-state index < -0.39 is 11.7 Å². The molecule has 11 nitrogen and oxygen atoms in total. The van der Waals surface area contributed by atoms with E-state index in [4.69, 9.17) is 22.0 Å². The SMILES string of the molecule is NC(=Nc1ccc(F)c(Cl)c1)c1nonc1SCCNC(=O)c1nn[nH]n1. The number of aliphatic imine (C=N–C) groups is 1. The summed E-state index contributed by atoms with van der Waals surface area (Å²) in [5.74, 6) is -0.607. The van der Waals surface area contributed by atoms with Crippen molar-refractivity contribution in [3.63, 3.8) is 0 Å². The van der Waals surface area contributed by atoms with Crippen LogP contribution in [0.3, 0.4) is 0 Å². The Bertz CT molecular complexity index is 963. The van der Waals surface area contributed by atoms with Crippen LogP contribution in [0.1, 0.15) is 16.3 Å². The van der Waals surface area contributed by atoms with Gasteiger partial charge in [-0.3, -0.25) is 4.79 Å². The van der Waals surface area contributed by atoms with Gasteiger partial charge in [0.1, 0.15) is 5.82 Å². The van der Waals surface area contributed by atoms with E-state index in [0.29, 0.717) is 23.0 Å². The second kappa shape index (κ2) is 8.55. The van der Waals surface area contributed by atoms with Crippen molar-refractivity contribution in [2.45, 2.75) is 5.03 Å². The molecule has 0 atom stereocenters. The summed E-state index contributed by atoms with van der Waals surface area (Å²) >= 11 is 6.96. The van der Waals surface area contributed by atoms with Crippen molar-refractivity contribution in [2.24, 2.45) is 10.7 Å². The summed E-state index contributed by atoms with van der Waals surface area (Å²) in [6, 6.07) is 3.93.